The Labute approximate surface area is 180 Å². The summed E-state index contributed by atoms with van der Waals surface area (Å²) >= 11 is 0. The van der Waals surface area contributed by atoms with E-state index in [-0.39, 0.29) is 30.7 Å². The van der Waals surface area contributed by atoms with Crippen molar-refractivity contribution in [1.82, 2.24) is 8.61 Å². The van der Waals surface area contributed by atoms with Crippen LogP contribution in [-0.4, -0.2) is 62.5 Å². The van der Waals surface area contributed by atoms with Gasteiger partial charge in [0.25, 0.3) is 10.2 Å². The third-order valence-electron chi connectivity index (χ3n) is 5.92. The lowest BCUT2D eigenvalue weighted by Gasteiger charge is -2.38. The molecule has 2 heterocycles. The van der Waals surface area contributed by atoms with Crippen molar-refractivity contribution in [2.45, 2.75) is 39.5 Å². The SMILES string of the molecule is CC(C)CN(C)S(=O)(=O)N1CCC2(CCN(c3ccc(OC(F)(F)F)cc3)C2=O)CC1. The van der Waals surface area contributed by atoms with Gasteiger partial charge in [-0.15, -0.1) is 13.2 Å². The molecule has 0 radical (unpaired) electrons. The van der Waals surface area contributed by atoms with Crippen LogP contribution in [0.2, 0.25) is 0 Å². The maximum Gasteiger partial charge on any atom is 0.573 e. The minimum absolute atomic E-state index is 0.107. The molecule has 0 N–H and O–H groups in total. The zero-order valence-electron chi connectivity index (χ0n) is 17.9. The number of nitrogens with zero attached hydrogens (tertiary/aromatic N) is 3. The second kappa shape index (κ2) is 8.59. The molecular weight excluding hydrogens is 435 g/mol. The first kappa shape index (κ1) is 23.8. The third-order valence-corrected chi connectivity index (χ3v) is 7.87. The molecule has 1 amide bonds. The van der Waals surface area contributed by atoms with Crippen LogP contribution in [0.1, 0.15) is 33.1 Å². The zero-order chi connectivity index (χ0) is 23.0. The smallest absolute Gasteiger partial charge is 0.406 e. The van der Waals surface area contributed by atoms with E-state index in [2.05, 4.69) is 4.74 Å². The van der Waals surface area contributed by atoms with Crippen molar-refractivity contribution in [2.24, 2.45) is 11.3 Å². The summed E-state index contributed by atoms with van der Waals surface area (Å²) in [7, 11) is -2.01. The molecule has 7 nitrogen and oxygen atoms in total. The van der Waals surface area contributed by atoms with Gasteiger partial charge in [0, 0.05) is 38.9 Å². The topological polar surface area (TPSA) is 70.2 Å². The number of benzene rings is 1. The van der Waals surface area contributed by atoms with Crippen molar-refractivity contribution in [1.29, 1.82) is 0 Å². The third kappa shape index (κ3) is 5.15. The molecule has 2 fully saturated rings. The van der Waals surface area contributed by atoms with E-state index >= 15 is 0 Å². The van der Waals surface area contributed by atoms with Gasteiger partial charge in [-0.3, -0.25) is 4.79 Å². The molecule has 174 valence electrons. The predicted octanol–water partition coefficient (Wildman–Crippen LogP) is 3.24. The maximum atomic E-state index is 13.2. The number of hydrogen-bond donors (Lipinski definition) is 0. The Bertz CT molecular complexity index is 895. The van der Waals surface area contributed by atoms with Crippen molar-refractivity contribution in [3.05, 3.63) is 24.3 Å². The average molecular weight is 464 g/mol. The van der Waals surface area contributed by atoms with Crippen LogP contribution in [0.3, 0.4) is 0 Å². The number of amides is 1. The molecule has 2 aliphatic heterocycles. The number of hydrogen-bond acceptors (Lipinski definition) is 4. The number of carbonyl (C=O) groups excluding carboxylic acids is 1. The standard InChI is InChI=1S/C20H28F3N3O4S/c1-15(2)14-24(3)31(28,29)25-11-8-19(9-12-25)10-13-26(18(19)27)16-4-6-17(7-5-16)30-20(21,22)23/h4-7,15H,8-14H2,1-3H3. The molecule has 2 saturated heterocycles. The van der Waals surface area contributed by atoms with Crippen molar-refractivity contribution < 1.29 is 31.1 Å². The van der Waals surface area contributed by atoms with Gasteiger partial charge in [0.05, 0.1) is 5.41 Å². The highest BCUT2D eigenvalue weighted by Gasteiger charge is 2.50. The van der Waals surface area contributed by atoms with Gasteiger partial charge >= 0.3 is 6.36 Å². The van der Waals surface area contributed by atoms with Crippen molar-refractivity contribution in [3.63, 3.8) is 0 Å². The molecular formula is C20H28F3N3O4S. The van der Waals surface area contributed by atoms with E-state index in [0.717, 1.165) is 0 Å². The molecule has 2 aliphatic rings. The Morgan fingerprint density at radius 3 is 2.16 bits per heavy atom. The summed E-state index contributed by atoms with van der Waals surface area (Å²) in [5.41, 5.74) is -0.132. The number of anilines is 1. The molecule has 1 aromatic carbocycles. The maximum absolute atomic E-state index is 13.2. The van der Waals surface area contributed by atoms with E-state index in [1.165, 1.54) is 32.9 Å². The van der Waals surface area contributed by atoms with Crippen LogP contribution in [0.5, 0.6) is 5.75 Å². The van der Waals surface area contributed by atoms with Crippen LogP contribution < -0.4 is 9.64 Å². The number of carbonyl (C=O) groups is 1. The lowest BCUT2D eigenvalue weighted by Crippen LogP contribution is -2.50. The highest BCUT2D eigenvalue weighted by molar-refractivity contribution is 7.86. The molecule has 3 rings (SSSR count). The summed E-state index contributed by atoms with van der Waals surface area (Å²) in [6.07, 6.45) is -3.34. The number of alkyl halides is 3. The van der Waals surface area contributed by atoms with E-state index in [0.29, 0.717) is 38.0 Å². The van der Waals surface area contributed by atoms with E-state index in [4.69, 9.17) is 0 Å². The molecule has 0 atom stereocenters. The number of halogens is 3. The fourth-order valence-corrected chi connectivity index (χ4v) is 5.83. The first-order valence-corrected chi connectivity index (χ1v) is 11.6. The largest absolute Gasteiger partial charge is 0.573 e. The second-order valence-electron chi connectivity index (χ2n) is 8.61. The highest BCUT2D eigenvalue weighted by atomic mass is 32.2. The first-order valence-electron chi connectivity index (χ1n) is 10.2. The second-order valence-corrected chi connectivity index (χ2v) is 10.6. The Balaban J connectivity index is 1.65. The summed E-state index contributed by atoms with van der Waals surface area (Å²) in [4.78, 5) is 14.7. The summed E-state index contributed by atoms with van der Waals surface area (Å²) in [5, 5.41) is 0. The van der Waals surface area contributed by atoms with Gasteiger partial charge in [0.15, 0.2) is 0 Å². The van der Waals surface area contributed by atoms with Gasteiger partial charge in [-0.2, -0.15) is 17.0 Å². The van der Waals surface area contributed by atoms with E-state index in [9.17, 15) is 26.4 Å². The Morgan fingerprint density at radius 1 is 1.10 bits per heavy atom. The summed E-state index contributed by atoms with van der Waals surface area (Å²) in [5.74, 6) is -0.250. The predicted molar refractivity (Wildman–Crippen MR) is 110 cm³/mol. The molecule has 31 heavy (non-hydrogen) atoms. The monoisotopic (exact) mass is 463 g/mol. The molecule has 0 saturated carbocycles. The van der Waals surface area contributed by atoms with Crippen LogP contribution in [0.4, 0.5) is 18.9 Å². The number of ether oxygens (including phenoxy) is 1. The fraction of sp³-hybridized carbons (Fsp3) is 0.650. The summed E-state index contributed by atoms with van der Waals surface area (Å²) < 4.78 is 69.2. The van der Waals surface area contributed by atoms with Crippen LogP contribution >= 0.6 is 0 Å². The van der Waals surface area contributed by atoms with Crippen LogP contribution in [0.15, 0.2) is 24.3 Å². The van der Waals surface area contributed by atoms with Crippen molar-refractivity contribution in [3.8, 4) is 5.75 Å². The molecule has 11 heteroatoms. The van der Waals surface area contributed by atoms with Crippen molar-refractivity contribution in [2.75, 3.05) is 38.1 Å². The molecule has 1 spiro atoms. The fourth-order valence-electron chi connectivity index (χ4n) is 4.31. The van der Waals surface area contributed by atoms with E-state index in [1.54, 1.807) is 11.9 Å². The average Bonchev–Trinajstić information content (AvgIpc) is 2.97. The van der Waals surface area contributed by atoms with Crippen molar-refractivity contribution >= 4 is 21.8 Å². The summed E-state index contributed by atoms with van der Waals surface area (Å²) in [6.45, 7) is 5.30. The van der Waals surface area contributed by atoms with Crippen LogP contribution in [-0.2, 0) is 15.0 Å². The van der Waals surface area contributed by atoms with Gasteiger partial charge < -0.3 is 9.64 Å². The summed E-state index contributed by atoms with van der Waals surface area (Å²) in [6, 6.07) is 5.22. The molecule has 0 aliphatic carbocycles. The minimum atomic E-state index is -4.77. The lowest BCUT2D eigenvalue weighted by molar-refractivity contribution is -0.274. The van der Waals surface area contributed by atoms with E-state index < -0.39 is 22.0 Å². The normalized spacial score (nSPS) is 20.3. The first-order chi connectivity index (χ1) is 14.3. The minimum Gasteiger partial charge on any atom is -0.406 e. The van der Waals surface area contributed by atoms with Gasteiger partial charge in [0.1, 0.15) is 5.75 Å². The van der Waals surface area contributed by atoms with Gasteiger partial charge in [-0.05, 0) is 49.4 Å². The van der Waals surface area contributed by atoms with Gasteiger partial charge in [0.2, 0.25) is 5.91 Å². The van der Waals surface area contributed by atoms with Gasteiger partial charge in [-0.25, -0.2) is 0 Å². The molecule has 0 unspecified atom stereocenters. The Morgan fingerprint density at radius 2 is 1.65 bits per heavy atom. The number of rotatable bonds is 6. The van der Waals surface area contributed by atoms with Crippen LogP contribution in [0.25, 0.3) is 0 Å². The quantitative estimate of drug-likeness (QED) is 0.650. The van der Waals surface area contributed by atoms with E-state index in [1.807, 2.05) is 13.8 Å². The molecule has 0 aromatic heterocycles. The lowest BCUT2D eigenvalue weighted by atomic mass is 9.77. The van der Waals surface area contributed by atoms with Gasteiger partial charge in [-0.1, -0.05) is 13.8 Å². The zero-order valence-corrected chi connectivity index (χ0v) is 18.7. The number of piperidine rings is 1. The van der Waals surface area contributed by atoms with Crippen LogP contribution in [0, 0.1) is 11.3 Å². The Hall–Kier alpha value is -1.85. The Kier molecular flexibility index (Phi) is 6.60. The molecule has 0 bridgehead atoms. The highest BCUT2D eigenvalue weighted by Crippen LogP contribution is 2.44. The molecule has 1 aromatic rings.